The summed E-state index contributed by atoms with van der Waals surface area (Å²) in [7, 11) is 0. The predicted molar refractivity (Wildman–Crippen MR) is 96.1 cm³/mol. The second-order valence-electron chi connectivity index (χ2n) is 7.11. The lowest BCUT2D eigenvalue weighted by Crippen LogP contribution is -2.35. The van der Waals surface area contributed by atoms with E-state index in [0.717, 1.165) is 18.7 Å². The number of hydrogen-bond acceptors (Lipinski definition) is 4. The molecule has 4 heterocycles. The summed E-state index contributed by atoms with van der Waals surface area (Å²) in [4.78, 5) is 26.0. The molecular formula is C20H18N4O. The Balaban J connectivity index is 1.79. The molecule has 0 saturated heterocycles. The Bertz CT molecular complexity index is 1070. The first-order valence-corrected chi connectivity index (χ1v) is 8.35. The lowest BCUT2D eigenvalue weighted by molar-refractivity contribution is 0.261. The maximum atomic E-state index is 12.7. The van der Waals surface area contributed by atoms with Gasteiger partial charge in [0.05, 0.1) is 5.39 Å². The largest absolute Gasteiger partial charge is 0.296 e. The molecule has 0 unspecified atom stereocenters. The molecule has 5 nitrogen and oxygen atoms in total. The van der Waals surface area contributed by atoms with Crippen molar-refractivity contribution in [2.45, 2.75) is 33.2 Å². The van der Waals surface area contributed by atoms with Crippen molar-refractivity contribution < 1.29 is 0 Å². The summed E-state index contributed by atoms with van der Waals surface area (Å²) in [5, 5.41) is 0.548. The number of nitrogens with zero attached hydrogens (tertiary/aromatic N) is 4. The molecule has 124 valence electrons. The molecule has 0 amide bonds. The SMILES string of the molecule is CC1(C)CCn2c(nc3nc(C#Cc4ccccn4)ccc3c2=O)C1. The molecule has 0 radical (unpaired) electrons. The van der Waals surface area contributed by atoms with Crippen LogP contribution in [0.15, 0.2) is 41.3 Å². The highest BCUT2D eigenvalue weighted by molar-refractivity contribution is 5.74. The number of aromatic nitrogens is 4. The number of fused-ring (bicyclic) bond motifs is 2. The van der Waals surface area contributed by atoms with Crippen molar-refractivity contribution in [3.05, 3.63) is 64.1 Å². The molecule has 3 aromatic heterocycles. The zero-order valence-electron chi connectivity index (χ0n) is 14.3. The van der Waals surface area contributed by atoms with Gasteiger partial charge in [-0.05, 0) is 47.9 Å². The average Bonchev–Trinajstić information content (AvgIpc) is 2.60. The van der Waals surface area contributed by atoms with E-state index in [1.54, 1.807) is 22.9 Å². The molecule has 5 heteroatoms. The summed E-state index contributed by atoms with van der Waals surface area (Å²) in [6.45, 7) is 5.12. The highest BCUT2D eigenvalue weighted by Gasteiger charge is 2.27. The van der Waals surface area contributed by atoms with Crippen LogP contribution in [0.25, 0.3) is 11.0 Å². The lowest BCUT2D eigenvalue weighted by atomic mass is 9.83. The first-order chi connectivity index (χ1) is 12.0. The minimum atomic E-state index is -0.00719. The van der Waals surface area contributed by atoms with E-state index in [9.17, 15) is 4.79 Å². The van der Waals surface area contributed by atoms with Gasteiger partial charge in [-0.2, -0.15) is 0 Å². The average molecular weight is 330 g/mol. The molecule has 1 aliphatic heterocycles. The maximum Gasteiger partial charge on any atom is 0.263 e. The predicted octanol–water partition coefficient (Wildman–Crippen LogP) is 2.56. The van der Waals surface area contributed by atoms with Gasteiger partial charge >= 0.3 is 0 Å². The van der Waals surface area contributed by atoms with Gasteiger partial charge in [0.2, 0.25) is 0 Å². The minimum Gasteiger partial charge on any atom is -0.296 e. The molecule has 1 aliphatic rings. The van der Waals surface area contributed by atoms with Crippen molar-refractivity contribution in [3.63, 3.8) is 0 Å². The third-order valence-electron chi connectivity index (χ3n) is 4.53. The fourth-order valence-electron chi connectivity index (χ4n) is 3.08. The van der Waals surface area contributed by atoms with Gasteiger partial charge in [-0.15, -0.1) is 0 Å². The highest BCUT2D eigenvalue weighted by atomic mass is 16.1. The zero-order chi connectivity index (χ0) is 17.4. The smallest absolute Gasteiger partial charge is 0.263 e. The van der Waals surface area contributed by atoms with Gasteiger partial charge < -0.3 is 0 Å². The fraction of sp³-hybridized carbons (Fsp3) is 0.300. The van der Waals surface area contributed by atoms with Crippen LogP contribution in [-0.2, 0) is 13.0 Å². The van der Waals surface area contributed by atoms with Crippen molar-refractivity contribution in [2.24, 2.45) is 5.41 Å². The third kappa shape index (κ3) is 3.03. The monoisotopic (exact) mass is 330 g/mol. The first-order valence-electron chi connectivity index (χ1n) is 8.35. The summed E-state index contributed by atoms with van der Waals surface area (Å²) in [6, 6.07) is 9.12. The summed E-state index contributed by atoms with van der Waals surface area (Å²) in [6.07, 6.45) is 3.46. The summed E-state index contributed by atoms with van der Waals surface area (Å²) >= 11 is 0. The standard InChI is InChI=1S/C20H18N4O/c1-20(2)10-12-24-17(13-20)23-18-16(19(24)25)9-8-15(22-18)7-6-14-5-3-4-11-21-14/h3-5,8-9,11H,10,12-13H2,1-2H3. The molecule has 3 aromatic rings. The van der Waals surface area contributed by atoms with E-state index in [0.29, 0.717) is 29.0 Å². The minimum absolute atomic E-state index is 0.00719. The lowest BCUT2D eigenvalue weighted by Gasteiger charge is -2.31. The van der Waals surface area contributed by atoms with Crippen LogP contribution < -0.4 is 5.56 Å². The molecule has 0 aromatic carbocycles. The van der Waals surface area contributed by atoms with Crippen molar-refractivity contribution in [1.29, 1.82) is 0 Å². The van der Waals surface area contributed by atoms with Gasteiger partial charge in [0.25, 0.3) is 5.56 Å². The Morgan fingerprint density at radius 1 is 1.08 bits per heavy atom. The van der Waals surface area contributed by atoms with E-state index in [4.69, 9.17) is 0 Å². The van der Waals surface area contributed by atoms with Crippen molar-refractivity contribution in [2.75, 3.05) is 0 Å². The quantitative estimate of drug-likeness (QED) is 0.594. The van der Waals surface area contributed by atoms with E-state index in [1.807, 2.05) is 18.2 Å². The Hall–Kier alpha value is -3.00. The van der Waals surface area contributed by atoms with Crippen LogP contribution in [0.4, 0.5) is 0 Å². The van der Waals surface area contributed by atoms with Crippen LogP contribution in [0.3, 0.4) is 0 Å². The van der Waals surface area contributed by atoms with Crippen LogP contribution in [-0.4, -0.2) is 19.5 Å². The van der Waals surface area contributed by atoms with Crippen LogP contribution >= 0.6 is 0 Å². The topological polar surface area (TPSA) is 60.7 Å². The highest BCUT2D eigenvalue weighted by Crippen LogP contribution is 2.29. The van der Waals surface area contributed by atoms with Crippen LogP contribution in [0.2, 0.25) is 0 Å². The van der Waals surface area contributed by atoms with Gasteiger partial charge in [-0.3, -0.25) is 9.36 Å². The van der Waals surface area contributed by atoms with E-state index in [2.05, 4.69) is 40.6 Å². The van der Waals surface area contributed by atoms with Crippen molar-refractivity contribution >= 4 is 11.0 Å². The molecule has 0 N–H and O–H groups in total. The second kappa shape index (κ2) is 5.82. The van der Waals surface area contributed by atoms with Gasteiger partial charge in [-0.1, -0.05) is 19.9 Å². The second-order valence-corrected chi connectivity index (χ2v) is 7.11. The van der Waals surface area contributed by atoms with Crippen LogP contribution in [0, 0.1) is 17.3 Å². The number of hydrogen-bond donors (Lipinski definition) is 0. The number of rotatable bonds is 0. The normalized spacial score (nSPS) is 15.3. The molecule has 0 atom stereocenters. The van der Waals surface area contributed by atoms with E-state index in [1.165, 1.54) is 0 Å². The van der Waals surface area contributed by atoms with Gasteiger partial charge in [0, 0.05) is 19.2 Å². The Morgan fingerprint density at radius 2 is 1.92 bits per heavy atom. The van der Waals surface area contributed by atoms with Crippen LogP contribution in [0.1, 0.15) is 37.5 Å². The molecule has 0 spiro atoms. The van der Waals surface area contributed by atoms with Gasteiger partial charge in [-0.25, -0.2) is 15.0 Å². The first kappa shape index (κ1) is 15.5. The molecule has 0 fully saturated rings. The third-order valence-corrected chi connectivity index (χ3v) is 4.53. The molecule has 0 bridgehead atoms. The van der Waals surface area contributed by atoms with Crippen molar-refractivity contribution in [1.82, 2.24) is 19.5 Å². The summed E-state index contributed by atoms with van der Waals surface area (Å²) < 4.78 is 1.79. The van der Waals surface area contributed by atoms with Gasteiger partial charge in [0.1, 0.15) is 17.2 Å². The van der Waals surface area contributed by atoms with E-state index < -0.39 is 0 Å². The summed E-state index contributed by atoms with van der Waals surface area (Å²) in [5.41, 5.74) is 1.90. The molecule has 0 aliphatic carbocycles. The Kier molecular flexibility index (Phi) is 3.61. The molecule has 0 saturated carbocycles. The molecular weight excluding hydrogens is 312 g/mol. The molecule has 4 rings (SSSR count). The Labute approximate surface area is 145 Å². The Morgan fingerprint density at radius 3 is 2.72 bits per heavy atom. The van der Waals surface area contributed by atoms with Gasteiger partial charge in [0.15, 0.2) is 5.65 Å². The maximum absolute atomic E-state index is 12.7. The van der Waals surface area contributed by atoms with E-state index in [-0.39, 0.29) is 11.0 Å². The van der Waals surface area contributed by atoms with E-state index >= 15 is 0 Å². The molecule has 25 heavy (non-hydrogen) atoms. The number of pyridine rings is 2. The van der Waals surface area contributed by atoms with Crippen LogP contribution in [0.5, 0.6) is 0 Å². The zero-order valence-corrected chi connectivity index (χ0v) is 14.3. The summed E-state index contributed by atoms with van der Waals surface area (Å²) in [5.74, 6) is 6.79. The van der Waals surface area contributed by atoms with Crippen molar-refractivity contribution in [3.8, 4) is 11.8 Å². The fourth-order valence-corrected chi connectivity index (χ4v) is 3.08.